The number of hydrogen-bond donors (Lipinski definition) is 2. The summed E-state index contributed by atoms with van der Waals surface area (Å²) in [4.78, 5) is 13.1. The van der Waals surface area contributed by atoms with Gasteiger partial charge in [0.25, 0.3) is 0 Å². The van der Waals surface area contributed by atoms with Crippen LogP contribution in [0.15, 0.2) is 24.3 Å². The van der Waals surface area contributed by atoms with Gasteiger partial charge in [-0.25, -0.2) is 0 Å². The molecule has 1 fully saturated rings. The van der Waals surface area contributed by atoms with Crippen molar-refractivity contribution in [3.05, 3.63) is 35.4 Å². The second-order valence-electron chi connectivity index (χ2n) is 6.25. The number of likely N-dealkylation sites (tertiary alicyclic amines) is 1. The highest BCUT2D eigenvalue weighted by Gasteiger charge is 2.33. The van der Waals surface area contributed by atoms with Crippen molar-refractivity contribution in [1.29, 1.82) is 0 Å². The number of nitrogens with zero attached hydrogens (tertiary/aromatic N) is 1. The first-order valence-electron chi connectivity index (χ1n) is 7.78. The Labute approximate surface area is 127 Å². The minimum atomic E-state index is -0.786. The summed E-state index contributed by atoms with van der Waals surface area (Å²) in [5.41, 5.74) is 2.69. The molecule has 1 heterocycles. The van der Waals surface area contributed by atoms with E-state index >= 15 is 0 Å². The lowest BCUT2D eigenvalue weighted by atomic mass is 10.0. The molecule has 0 saturated carbocycles. The molecule has 4 heteroatoms. The average molecular weight is 290 g/mol. The number of carboxylic acid groups (broad SMARTS) is 1. The molecule has 1 aliphatic rings. The van der Waals surface area contributed by atoms with E-state index in [2.05, 4.69) is 48.3 Å². The minimum Gasteiger partial charge on any atom is -0.480 e. The molecule has 0 amide bonds. The summed E-state index contributed by atoms with van der Waals surface area (Å²) in [6.07, 6.45) is 3.15. The predicted octanol–water partition coefficient (Wildman–Crippen LogP) is 1.93. The van der Waals surface area contributed by atoms with Crippen LogP contribution < -0.4 is 5.32 Å². The number of rotatable bonds is 7. The van der Waals surface area contributed by atoms with E-state index in [9.17, 15) is 4.79 Å². The number of nitrogens with one attached hydrogen (secondary N) is 1. The summed E-state index contributed by atoms with van der Waals surface area (Å²) in [6.45, 7) is 7.33. The predicted molar refractivity (Wildman–Crippen MR) is 84.6 cm³/mol. The van der Waals surface area contributed by atoms with Crippen molar-refractivity contribution in [2.24, 2.45) is 0 Å². The normalized spacial score (nSPS) is 22.6. The summed E-state index contributed by atoms with van der Waals surface area (Å²) in [5, 5.41) is 11.9. The van der Waals surface area contributed by atoms with Crippen LogP contribution in [0.25, 0.3) is 0 Å². The number of carbonyl (C=O) groups is 1. The highest BCUT2D eigenvalue weighted by molar-refractivity contribution is 5.69. The Kier molecular flexibility index (Phi) is 5.37. The monoisotopic (exact) mass is 290 g/mol. The van der Waals surface area contributed by atoms with E-state index in [1.807, 2.05) is 0 Å². The SMILES string of the molecule is CCc1ccc(CCN2CCC(C)(NCC(=O)O)C2)cc1. The van der Waals surface area contributed by atoms with Crippen LogP contribution in [-0.4, -0.2) is 47.7 Å². The maximum atomic E-state index is 10.7. The van der Waals surface area contributed by atoms with E-state index in [1.165, 1.54) is 11.1 Å². The summed E-state index contributed by atoms with van der Waals surface area (Å²) in [5.74, 6) is -0.786. The Balaban J connectivity index is 1.78. The molecule has 116 valence electrons. The number of hydrogen-bond acceptors (Lipinski definition) is 3. The second kappa shape index (κ2) is 7.05. The first-order chi connectivity index (χ1) is 10.0. The van der Waals surface area contributed by atoms with Gasteiger partial charge in [0.2, 0.25) is 0 Å². The molecular formula is C17H26N2O2. The van der Waals surface area contributed by atoms with E-state index in [4.69, 9.17) is 5.11 Å². The fourth-order valence-electron chi connectivity index (χ4n) is 2.91. The molecule has 1 unspecified atom stereocenters. The Morgan fingerprint density at radius 3 is 2.62 bits per heavy atom. The first-order valence-corrected chi connectivity index (χ1v) is 7.78. The van der Waals surface area contributed by atoms with Gasteiger partial charge in [0.15, 0.2) is 0 Å². The van der Waals surface area contributed by atoms with Crippen molar-refractivity contribution in [2.75, 3.05) is 26.2 Å². The molecule has 0 bridgehead atoms. The molecule has 21 heavy (non-hydrogen) atoms. The Bertz CT molecular complexity index is 472. The van der Waals surface area contributed by atoms with E-state index in [0.717, 1.165) is 38.9 Å². The molecule has 1 aliphatic heterocycles. The molecule has 0 aliphatic carbocycles. The summed E-state index contributed by atoms with van der Waals surface area (Å²) >= 11 is 0. The molecule has 0 spiro atoms. The Morgan fingerprint density at radius 1 is 1.33 bits per heavy atom. The van der Waals surface area contributed by atoms with Gasteiger partial charge < -0.3 is 15.3 Å². The quantitative estimate of drug-likeness (QED) is 0.806. The van der Waals surface area contributed by atoms with E-state index in [1.54, 1.807) is 0 Å². The lowest BCUT2D eigenvalue weighted by Gasteiger charge is -2.25. The molecule has 4 nitrogen and oxygen atoms in total. The van der Waals surface area contributed by atoms with Gasteiger partial charge >= 0.3 is 5.97 Å². The highest BCUT2D eigenvalue weighted by Crippen LogP contribution is 2.20. The van der Waals surface area contributed by atoms with Crippen LogP contribution in [0.5, 0.6) is 0 Å². The summed E-state index contributed by atoms with van der Waals surface area (Å²) < 4.78 is 0. The van der Waals surface area contributed by atoms with Crippen LogP contribution >= 0.6 is 0 Å². The maximum absolute atomic E-state index is 10.7. The average Bonchev–Trinajstić information content (AvgIpc) is 2.86. The van der Waals surface area contributed by atoms with Gasteiger partial charge in [0.1, 0.15) is 0 Å². The van der Waals surface area contributed by atoms with Crippen LogP contribution in [0, 0.1) is 0 Å². The summed E-state index contributed by atoms with van der Waals surface area (Å²) in [7, 11) is 0. The number of benzene rings is 1. The molecular weight excluding hydrogens is 264 g/mol. The van der Waals surface area contributed by atoms with Crippen LogP contribution in [0.3, 0.4) is 0 Å². The van der Waals surface area contributed by atoms with Gasteiger partial charge in [0.05, 0.1) is 6.54 Å². The molecule has 2 N–H and O–H groups in total. The standard InChI is InChI=1S/C17H26N2O2/c1-3-14-4-6-15(7-5-14)8-10-19-11-9-17(2,13-19)18-12-16(20)21/h4-7,18H,3,8-13H2,1-2H3,(H,20,21). The van der Waals surface area contributed by atoms with Crippen molar-refractivity contribution in [1.82, 2.24) is 10.2 Å². The van der Waals surface area contributed by atoms with Crippen molar-refractivity contribution in [2.45, 2.75) is 38.6 Å². The van der Waals surface area contributed by atoms with Crippen LogP contribution in [-0.2, 0) is 17.6 Å². The van der Waals surface area contributed by atoms with E-state index < -0.39 is 5.97 Å². The molecule has 0 aromatic heterocycles. The fourth-order valence-corrected chi connectivity index (χ4v) is 2.91. The Morgan fingerprint density at radius 2 is 2.00 bits per heavy atom. The van der Waals surface area contributed by atoms with Gasteiger partial charge in [0, 0.05) is 25.2 Å². The smallest absolute Gasteiger partial charge is 0.317 e. The molecule has 1 aromatic carbocycles. The molecule has 1 aromatic rings. The van der Waals surface area contributed by atoms with Crippen LogP contribution in [0.1, 0.15) is 31.4 Å². The Hall–Kier alpha value is -1.39. The maximum Gasteiger partial charge on any atom is 0.317 e. The summed E-state index contributed by atoms with van der Waals surface area (Å²) in [6, 6.07) is 8.85. The van der Waals surface area contributed by atoms with Crippen molar-refractivity contribution in [3.8, 4) is 0 Å². The number of aryl methyl sites for hydroxylation is 1. The lowest BCUT2D eigenvalue weighted by Crippen LogP contribution is -2.47. The van der Waals surface area contributed by atoms with Crippen molar-refractivity contribution in [3.63, 3.8) is 0 Å². The topological polar surface area (TPSA) is 52.6 Å². The molecule has 1 saturated heterocycles. The number of carboxylic acids is 1. The second-order valence-corrected chi connectivity index (χ2v) is 6.25. The zero-order valence-corrected chi connectivity index (χ0v) is 13.1. The largest absolute Gasteiger partial charge is 0.480 e. The van der Waals surface area contributed by atoms with Crippen LogP contribution in [0.4, 0.5) is 0 Å². The lowest BCUT2D eigenvalue weighted by molar-refractivity contribution is -0.136. The molecule has 2 rings (SSSR count). The third-order valence-corrected chi connectivity index (χ3v) is 4.37. The van der Waals surface area contributed by atoms with Gasteiger partial charge in [-0.15, -0.1) is 0 Å². The third-order valence-electron chi connectivity index (χ3n) is 4.37. The van der Waals surface area contributed by atoms with Crippen molar-refractivity contribution >= 4 is 5.97 Å². The van der Waals surface area contributed by atoms with E-state index in [-0.39, 0.29) is 12.1 Å². The van der Waals surface area contributed by atoms with Gasteiger partial charge in [-0.1, -0.05) is 31.2 Å². The third kappa shape index (κ3) is 4.83. The number of aliphatic carboxylic acids is 1. The molecule has 1 atom stereocenters. The van der Waals surface area contributed by atoms with E-state index in [0.29, 0.717) is 0 Å². The minimum absolute atomic E-state index is 0.0445. The highest BCUT2D eigenvalue weighted by atomic mass is 16.4. The fraction of sp³-hybridized carbons (Fsp3) is 0.588. The molecule has 0 radical (unpaired) electrons. The van der Waals surface area contributed by atoms with Crippen molar-refractivity contribution < 1.29 is 9.90 Å². The van der Waals surface area contributed by atoms with Gasteiger partial charge in [-0.05, 0) is 37.3 Å². The zero-order chi connectivity index (χ0) is 15.3. The van der Waals surface area contributed by atoms with Crippen LogP contribution in [0.2, 0.25) is 0 Å². The van der Waals surface area contributed by atoms with Gasteiger partial charge in [-0.3, -0.25) is 4.79 Å². The van der Waals surface area contributed by atoms with Gasteiger partial charge in [-0.2, -0.15) is 0 Å². The first kappa shape index (κ1) is 16.0. The zero-order valence-electron chi connectivity index (χ0n) is 13.1.